The summed E-state index contributed by atoms with van der Waals surface area (Å²) in [5.41, 5.74) is 6.90. The van der Waals surface area contributed by atoms with E-state index in [0.717, 1.165) is 5.56 Å². The fourth-order valence-corrected chi connectivity index (χ4v) is 2.18. The third kappa shape index (κ3) is 4.78. The van der Waals surface area contributed by atoms with Gasteiger partial charge in [-0.25, -0.2) is 4.39 Å². The first-order valence-corrected chi connectivity index (χ1v) is 7.58. The maximum absolute atomic E-state index is 13.5. The largest absolute Gasteiger partial charge is 0.489 e. The van der Waals surface area contributed by atoms with E-state index in [1.54, 1.807) is 37.4 Å². The lowest BCUT2D eigenvalue weighted by atomic mass is 10.2. The minimum Gasteiger partial charge on any atom is -0.489 e. The lowest BCUT2D eigenvalue weighted by Crippen LogP contribution is -2.43. The van der Waals surface area contributed by atoms with Gasteiger partial charge in [-0.15, -0.1) is 0 Å². The van der Waals surface area contributed by atoms with Gasteiger partial charge in [-0.3, -0.25) is 4.79 Å². The van der Waals surface area contributed by atoms with Crippen LogP contribution in [0.2, 0.25) is 0 Å². The number of rotatable bonds is 7. The van der Waals surface area contributed by atoms with Gasteiger partial charge < -0.3 is 20.5 Å². The van der Waals surface area contributed by atoms with E-state index in [1.165, 1.54) is 11.0 Å². The fraction of sp³-hybridized carbons (Fsp3) is 0.278. The van der Waals surface area contributed by atoms with Gasteiger partial charge in [-0.05, 0) is 23.8 Å². The molecule has 5 nitrogen and oxygen atoms in total. The summed E-state index contributed by atoms with van der Waals surface area (Å²) >= 11 is 0. The minimum absolute atomic E-state index is 0.149. The molecule has 0 bridgehead atoms. The van der Waals surface area contributed by atoms with Crippen molar-refractivity contribution in [3.05, 3.63) is 65.5 Å². The standard InChI is InChI=1S/C18H21FN2O3/c1-21(18(23)17(20)11-22)10-13-6-8-15(9-7-13)24-12-14-4-2-3-5-16(14)19/h2-9,17,22H,10-12,20H2,1H3. The molecule has 0 radical (unpaired) electrons. The first kappa shape index (κ1) is 17.9. The van der Waals surface area contributed by atoms with Gasteiger partial charge in [0.15, 0.2) is 0 Å². The van der Waals surface area contributed by atoms with Crippen molar-refractivity contribution in [2.75, 3.05) is 13.7 Å². The molecule has 2 rings (SSSR count). The number of nitrogens with zero attached hydrogens (tertiary/aromatic N) is 1. The zero-order valence-corrected chi connectivity index (χ0v) is 13.5. The number of ether oxygens (including phenoxy) is 1. The first-order chi connectivity index (χ1) is 11.5. The second-order valence-electron chi connectivity index (χ2n) is 5.51. The van der Waals surface area contributed by atoms with E-state index < -0.39 is 6.04 Å². The Hall–Kier alpha value is -2.44. The van der Waals surface area contributed by atoms with Crippen molar-refractivity contribution in [1.82, 2.24) is 4.90 Å². The number of aliphatic hydroxyl groups excluding tert-OH is 1. The highest BCUT2D eigenvalue weighted by Crippen LogP contribution is 2.16. The topological polar surface area (TPSA) is 75.8 Å². The van der Waals surface area contributed by atoms with Crippen LogP contribution in [0.5, 0.6) is 5.75 Å². The Morgan fingerprint density at radius 2 is 1.92 bits per heavy atom. The second-order valence-corrected chi connectivity index (χ2v) is 5.51. The molecule has 2 aromatic carbocycles. The number of likely N-dealkylation sites (N-methyl/N-ethyl adjacent to an activating group) is 1. The van der Waals surface area contributed by atoms with Crippen LogP contribution >= 0.6 is 0 Å². The summed E-state index contributed by atoms with van der Waals surface area (Å²) in [6, 6.07) is 12.7. The van der Waals surface area contributed by atoms with E-state index in [9.17, 15) is 9.18 Å². The lowest BCUT2D eigenvalue weighted by molar-refractivity contribution is -0.132. The van der Waals surface area contributed by atoms with E-state index in [-0.39, 0.29) is 24.9 Å². The summed E-state index contributed by atoms with van der Waals surface area (Å²) in [4.78, 5) is 13.3. The summed E-state index contributed by atoms with van der Waals surface area (Å²) in [7, 11) is 1.63. The summed E-state index contributed by atoms with van der Waals surface area (Å²) in [6.07, 6.45) is 0. The third-order valence-electron chi connectivity index (χ3n) is 3.59. The number of amides is 1. The van der Waals surface area contributed by atoms with E-state index >= 15 is 0 Å². The van der Waals surface area contributed by atoms with E-state index in [0.29, 0.717) is 17.9 Å². The first-order valence-electron chi connectivity index (χ1n) is 7.58. The Morgan fingerprint density at radius 1 is 1.25 bits per heavy atom. The number of halogens is 1. The SMILES string of the molecule is CN(Cc1ccc(OCc2ccccc2F)cc1)C(=O)C(N)CO. The Morgan fingerprint density at radius 3 is 2.54 bits per heavy atom. The van der Waals surface area contributed by atoms with Crippen molar-refractivity contribution in [3.63, 3.8) is 0 Å². The van der Waals surface area contributed by atoms with E-state index in [2.05, 4.69) is 0 Å². The monoisotopic (exact) mass is 332 g/mol. The number of hydrogen-bond donors (Lipinski definition) is 2. The Bertz CT molecular complexity index is 676. The zero-order chi connectivity index (χ0) is 17.5. The second kappa shape index (κ2) is 8.42. The van der Waals surface area contributed by atoms with Gasteiger partial charge in [0, 0.05) is 19.2 Å². The summed E-state index contributed by atoms with van der Waals surface area (Å²) in [5, 5.41) is 8.91. The van der Waals surface area contributed by atoms with Crippen molar-refractivity contribution in [2.45, 2.75) is 19.2 Å². The minimum atomic E-state index is -0.904. The molecule has 0 aliphatic rings. The van der Waals surface area contributed by atoms with Crippen molar-refractivity contribution in [1.29, 1.82) is 0 Å². The quantitative estimate of drug-likeness (QED) is 0.809. The molecular weight excluding hydrogens is 311 g/mol. The molecule has 1 amide bonds. The van der Waals surface area contributed by atoms with Crippen LogP contribution in [-0.4, -0.2) is 35.6 Å². The molecule has 0 saturated heterocycles. The lowest BCUT2D eigenvalue weighted by Gasteiger charge is -2.20. The highest BCUT2D eigenvalue weighted by Gasteiger charge is 2.17. The molecule has 1 unspecified atom stereocenters. The third-order valence-corrected chi connectivity index (χ3v) is 3.59. The molecule has 0 fully saturated rings. The fourth-order valence-electron chi connectivity index (χ4n) is 2.18. The van der Waals surface area contributed by atoms with Crippen molar-refractivity contribution < 1.29 is 19.0 Å². The number of carbonyl (C=O) groups excluding carboxylic acids is 1. The van der Waals surface area contributed by atoms with Gasteiger partial charge in [0.05, 0.1) is 6.61 Å². The smallest absolute Gasteiger partial charge is 0.241 e. The molecule has 2 aromatic rings. The molecule has 0 aliphatic heterocycles. The maximum atomic E-state index is 13.5. The number of aliphatic hydroxyl groups is 1. The number of nitrogens with two attached hydrogens (primary N) is 1. The Balaban J connectivity index is 1.91. The Kier molecular flexibility index (Phi) is 6.28. The van der Waals surface area contributed by atoms with Crippen LogP contribution in [-0.2, 0) is 17.9 Å². The van der Waals surface area contributed by atoms with Crippen LogP contribution in [0, 0.1) is 5.82 Å². The van der Waals surface area contributed by atoms with Gasteiger partial charge in [0.25, 0.3) is 0 Å². The molecule has 24 heavy (non-hydrogen) atoms. The molecule has 1 atom stereocenters. The zero-order valence-electron chi connectivity index (χ0n) is 13.5. The van der Waals surface area contributed by atoms with Gasteiger partial charge in [-0.1, -0.05) is 30.3 Å². The molecular formula is C18H21FN2O3. The summed E-state index contributed by atoms with van der Waals surface area (Å²) in [6.45, 7) is 0.141. The molecule has 6 heteroatoms. The maximum Gasteiger partial charge on any atom is 0.241 e. The van der Waals surface area contributed by atoms with Gasteiger partial charge in [0.1, 0.15) is 24.2 Å². The average molecular weight is 332 g/mol. The predicted molar refractivity (Wildman–Crippen MR) is 88.7 cm³/mol. The van der Waals surface area contributed by atoms with E-state index in [1.807, 2.05) is 12.1 Å². The molecule has 0 aliphatic carbocycles. The normalized spacial score (nSPS) is 11.8. The Labute approximate surface area is 140 Å². The van der Waals surface area contributed by atoms with Gasteiger partial charge in [-0.2, -0.15) is 0 Å². The van der Waals surface area contributed by atoms with E-state index in [4.69, 9.17) is 15.6 Å². The molecule has 3 N–H and O–H groups in total. The van der Waals surface area contributed by atoms with Crippen molar-refractivity contribution in [2.24, 2.45) is 5.73 Å². The van der Waals surface area contributed by atoms with Crippen molar-refractivity contribution in [3.8, 4) is 5.75 Å². The van der Waals surface area contributed by atoms with Crippen LogP contribution in [0.3, 0.4) is 0 Å². The average Bonchev–Trinajstić information content (AvgIpc) is 2.61. The van der Waals surface area contributed by atoms with Crippen LogP contribution in [0.4, 0.5) is 4.39 Å². The summed E-state index contributed by atoms with van der Waals surface area (Å²) < 4.78 is 19.1. The number of benzene rings is 2. The van der Waals surface area contributed by atoms with Crippen LogP contribution in [0.25, 0.3) is 0 Å². The summed E-state index contributed by atoms with van der Waals surface area (Å²) in [5.74, 6) is -0.00472. The number of carbonyl (C=O) groups is 1. The molecule has 128 valence electrons. The van der Waals surface area contributed by atoms with Gasteiger partial charge >= 0.3 is 0 Å². The highest BCUT2D eigenvalue weighted by molar-refractivity contribution is 5.81. The van der Waals surface area contributed by atoms with Crippen molar-refractivity contribution >= 4 is 5.91 Å². The van der Waals surface area contributed by atoms with Gasteiger partial charge in [0.2, 0.25) is 5.91 Å². The number of hydrogen-bond acceptors (Lipinski definition) is 4. The molecule has 0 saturated carbocycles. The predicted octanol–water partition coefficient (Wildman–Crippen LogP) is 1.68. The molecule has 0 aromatic heterocycles. The molecule has 0 spiro atoms. The molecule has 0 heterocycles. The van der Waals surface area contributed by atoms with Crippen LogP contribution < -0.4 is 10.5 Å². The highest BCUT2D eigenvalue weighted by atomic mass is 19.1. The van der Waals surface area contributed by atoms with Crippen LogP contribution in [0.15, 0.2) is 48.5 Å². The van der Waals surface area contributed by atoms with Crippen LogP contribution in [0.1, 0.15) is 11.1 Å².